The molecule has 2 aromatic carbocycles. The van der Waals surface area contributed by atoms with E-state index in [1.165, 1.54) is 36.4 Å². The maximum atomic E-state index is 12.7. The van der Waals surface area contributed by atoms with Crippen molar-refractivity contribution in [2.75, 3.05) is 5.32 Å². The largest absolute Gasteiger partial charge is 0.481 e. The zero-order chi connectivity index (χ0) is 26.5. The van der Waals surface area contributed by atoms with Crippen LogP contribution in [0, 0.1) is 5.41 Å². The van der Waals surface area contributed by atoms with Crippen LogP contribution in [-0.2, 0) is 25.6 Å². The molecule has 0 spiro atoms. The van der Waals surface area contributed by atoms with Crippen LogP contribution in [0.5, 0.6) is 5.75 Å². The normalized spacial score (nSPS) is 16.4. The van der Waals surface area contributed by atoms with Crippen LogP contribution in [0.2, 0.25) is 0 Å². The Balaban J connectivity index is 1.87. The average Bonchev–Trinajstić information content (AvgIpc) is 3.22. The third-order valence-electron chi connectivity index (χ3n) is 5.15. The van der Waals surface area contributed by atoms with Crippen molar-refractivity contribution < 1.29 is 44.1 Å². The van der Waals surface area contributed by atoms with Gasteiger partial charge in [-0.3, -0.25) is 15.0 Å². The molecule has 36 heavy (non-hydrogen) atoms. The summed E-state index contributed by atoms with van der Waals surface area (Å²) in [6.45, 7) is 0. The van der Waals surface area contributed by atoms with Gasteiger partial charge in [0.05, 0.1) is 17.7 Å². The lowest BCUT2D eigenvalue weighted by atomic mass is 9.90. The Kier molecular flexibility index (Phi) is 7.52. The number of oxime groups is 1. The Bertz CT molecular complexity index is 1260. The van der Waals surface area contributed by atoms with Gasteiger partial charge in [-0.15, -0.1) is 0 Å². The van der Waals surface area contributed by atoms with Crippen LogP contribution in [0.4, 0.5) is 5.69 Å². The molecule has 0 aromatic heterocycles. The van der Waals surface area contributed by atoms with Crippen molar-refractivity contribution in [3.05, 3.63) is 59.2 Å². The summed E-state index contributed by atoms with van der Waals surface area (Å²) < 4.78 is 5.45. The summed E-state index contributed by atoms with van der Waals surface area (Å²) >= 11 is 0. The number of benzene rings is 2. The molecule has 2 aromatic rings. The Morgan fingerprint density at radius 1 is 1.08 bits per heavy atom. The minimum atomic E-state index is -2.09. The van der Waals surface area contributed by atoms with Crippen molar-refractivity contribution in [1.82, 2.24) is 0 Å². The number of anilines is 1. The highest BCUT2D eigenvalue weighted by molar-refractivity contribution is 6.06. The van der Waals surface area contributed by atoms with Gasteiger partial charge in [0, 0.05) is 24.1 Å². The zero-order valence-electron chi connectivity index (χ0n) is 18.7. The number of rotatable bonds is 10. The minimum Gasteiger partial charge on any atom is -0.481 e. The molecule has 188 valence electrons. The second-order valence-corrected chi connectivity index (χ2v) is 7.94. The van der Waals surface area contributed by atoms with E-state index in [4.69, 9.17) is 30.9 Å². The summed E-state index contributed by atoms with van der Waals surface area (Å²) in [6, 6.07) is 10.3. The lowest BCUT2D eigenvalue weighted by Gasteiger charge is -2.19. The molecule has 0 saturated carbocycles. The van der Waals surface area contributed by atoms with Gasteiger partial charge in [0.15, 0.2) is 5.96 Å². The molecule has 0 fully saturated rings. The second-order valence-electron chi connectivity index (χ2n) is 7.94. The number of carbonyl (C=O) groups excluding carboxylic acids is 1. The van der Waals surface area contributed by atoms with Gasteiger partial charge in [0.2, 0.25) is 5.60 Å². The van der Waals surface area contributed by atoms with Crippen LogP contribution < -0.4 is 15.8 Å². The SMILES string of the molecule is N=C(N)Nc1ccc(C(=O)Oc2cc(CCC(=O)O)cc(C3=NOC(CC(=O)O)(C(=O)O)C3)c2)cc1. The number of carbonyl (C=O) groups is 4. The Morgan fingerprint density at radius 2 is 1.78 bits per heavy atom. The van der Waals surface area contributed by atoms with Gasteiger partial charge in [-0.05, 0) is 54.4 Å². The number of ether oxygens (including phenoxy) is 1. The molecule has 0 amide bonds. The number of hydrogen-bond donors (Lipinski definition) is 6. The molecule has 3 rings (SSSR count). The first-order valence-electron chi connectivity index (χ1n) is 10.5. The summed E-state index contributed by atoms with van der Waals surface area (Å²) in [5.74, 6) is -4.90. The standard InChI is InChI=1S/C23H22N4O9/c24-22(25)26-15-4-2-13(3-5-15)20(32)35-16-8-12(1-6-18(28)29)7-14(9-16)17-10-23(21(33)34,36-27-17)11-19(30)31/h2-5,7-9H,1,6,10-11H2,(H,28,29)(H,30,31)(H,33,34)(H4,24,25,26). The van der Waals surface area contributed by atoms with Gasteiger partial charge in [0.25, 0.3) is 0 Å². The van der Waals surface area contributed by atoms with Crippen LogP contribution in [-0.4, -0.2) is 56.5 Å². The minimum absolute atomic E-state index is 0.0394. The van der Waals surface area contributed by atoms with E-state index in [2.05, 4.69) is 10.5 Å². The maximum Gasteiger partial charge on any atom is 0.351 e. The van der Waals surface area contributed by atoms with Crippen LogP contribution in [0.25, 0.3) is 0 Å². The number of esters is 1. The summed E-state index contributed by atoms with van der Waals surface area (Å²) in [5.41, 5.74) is 4.69. The average molecular weight is 498 g/mol. The van der Waals surface area contributed by atoms with Gasteiger partial charge in [-0.1, -0.05) is 5.16 Å². The molecule has 0 saturated heterocycles. The lowest BCUT2D eigenvalue weighted by molar-refractivity contribution is -0.169. The topological polar surface area (TPSA) is 222 Å². The molecule has 1 heterocycles. The van der Waals surface area contributed by atoms with Crippen molar-refractivity contribution in [2.24, 2.45) is 10.9 Å². The third-order valence-corrected chi connectivity index (χ3v) is 5.15. The first kappa shape index (κ1) is 25.7. The van der Waals surface area contributed by atoms with E-state index in [-0.39, 0.29) is 47.8 Å². The lowest BCUT2D eigenvalue weighted by Crippen LogP contribution is -2.41. The number of aryl methyl sites for hydroxylation is 1. The van der Waals surface area contributed by atoms with Crippen molar-refractivity contribution in [1.29, 1.82) is 5.41 Å². The number of carboxylic acids is 3. The molecule has 0 bridgehead atoms. The molecule has 13 nitrogen and oxygen atoms in total. The van der Waals surface area contributed by atoms with Crippen molar-refractivity contribution >= 4 is 41.2 Å². The van der Waals surface area contributed by atoms with Crippen LogP contribution >= 0.6 is 0 Å². The first-order valence-corrected chi connectivity index (χ1v) is 10.5. The summed E-state index contributed by atoms with van der Waals surface area (Å²) in [6.07, 6.45) is -1.34. The molecule has 1 aliphatic rings. The number of hydrogen-bond acceptors (Lipinski definition) is 8. The molecule has 1 unspecified atom stereocenters. The van der Waals surface area contributed by atoms with Crippen LogP contribution in [0.15, 0.2) is 47.6 Å². The van der Waals surface area contributed by atoms with E-state index in [0.717, 1.165) is 0 Å². The van der Waals surface area contributed by atoms with Gasteiger partial charge in [-0.2, -0.15) is 0 Å². The van der Waals surface area contributed by atoms with E-state index in [1.807, 2.05) is 0 Å². The third kappa shape index (κ3) is 6.34. The number of carboxylic acid groups (broad SMARTS) is 3. The van der Waals surface area contributed by atoms with Crippen LogP contribution in [0.3, 0.4) is 0 Å². The number of aliphatic carboxylic acids is 3. The van der Waals surface area contributed by atoms with Gasteiger partial charge in [0.1, 0.15) is 5.75 Å². The highest BCUT2D eigenvalue weighted by Crippen LogP contribution is 2.32. The summed E-state index contributed by atoms with van der Waals surface area (Å²) in [5, 5.41) is 41.2. The van der Waals surface area contributed by atoms with Gasteiger partial charge in [-0.25, -0.2) is 9.59 Å². The Labute approximate surface area is 203 Å². The predicted octanol–water partition coefficient (Wildman–Crippen LogP) is 1.65. The van der Waals surface area contributed by atoms with Crippen molar-refractivity contribution in [2.45, 2.75) is 31.3 Å². The zero-order valence-corrected chi connectivity index (χ0v) is 18.7. The van der Waals surface area contributed by atoms with Crippen LogP contribution in [0.1, 0.15) is 40.7 Å². The fourth-order valence-corrected chi connectivity index (χ4v) is 3.45. The Hall–Kier alpha value is -4.94. The molecular formula is C23H22N4O9. The smallest absolute Gasteiger partial charge is 0.351 e. The first-order chi connectivity index (χ1) is 17.0. The molecule has 13 heteroatoms. The number of nitrogens with two attached hydrogens (primary N) is 1. The molecular weight excluding hydrogens is 476 g/mol. The Morgan fingerprint density at radius 3 is 2.36 bits per heavy atom. The summed E-state index contributed by atoms with van der Waals surface area (Å²) in [7, 11) is 0. The number of guanidine groups is 1. The molecule has 1 atom stereocenters. The van der Waals surface area contributed by atoms with Crippen molar-refractivity contribution in [3.8, 4) is 5.75 Å². The van der Waals surface area contributed by atoms with Crippen molar-refractivity contribution in [3.63, 3.8) is 0 Å². The molecule has 7 N–H and O–H groups in total. The van der Waals surface area contributed by atoms with E-state index >= 15 is 0 Å². The molecule has 1 aliphatic heterocycles. The second kappa shape index (κ2) is 10.5. The van der Waals surface area contributed by atoms with E-state index in [1.54, 1.807) is 6.07 Å². The van der Waals surface area contributed by atoms with Gasteiger partial charge >= 0.3 is 23.9 Å². The number of nitrogens with one attached hydrogen (secondary N) is 2. The highest BCUT2D eigenvalue weighted by Gasteiger charge is 2.49. The predicted molar refractivity (Wildman–Crippen MR) is 124 cm³/mol. The monoisotopic (exact) mass is 498 g/mol. The van der Waals surface area contributed by atoms with Gasteiger partial charge < -0.3 is 35.9 Å². The number of nitrogens with zero attached hydrogens (tertiary/aromatic N) is 1. The fourth-order valence-electron chi connectivity index (χ4n) is 3.45. The van der Waals surface area contributed by atoms with E-state index in [0.29, 0.717) is 11.3 Å². The fraction of sp³-hybridized carbons (Fsp3) is 0.217. The summed E-state index contributed by atoms with van der Waals surface area (Å²) in [4.78, 5) is 51.6. The maximum absolute atomic E-state index is 12.7. The molecule has 0 aliphatic carbocycles. The highest BCUT2D eigenvalue weighted by atomic mass is 16.7. The molecule has 0 radical (unpaired) electrons. The van der Waals surface area contributed by atoms with E-state index < -0.39 is 35.9 Å². The quantitative estimate of drug-likeness (QED) is 0.120. The van der Waals surface area contributed by atoms with E-state index in [9.17, 15) is 24.3 Å².